The Morgan fingerprint density at radius 1 is 1.50 bits per heavy atom. The van der Waals surface area contributed by atoms with Gasteiger partial charge in [0.1, 0.15) is 5.82 Å². The molecule has 0 aliphatic heterocycles. The Hall–Kier alpha value is -1.69. The predicted octanol–water partition coefficient (Wildman–Crippen LogP) is 1.98. The van der Waals surface area contributed by atoms with Crippen LogP contribution in [-0.4, -0.2) is 12.0 Å². The average molecular weight is 201 g/mol. The lowest BCUT2D eigenvalue weighted by Crippen LogP contribution is -1.98. The molecule has 0 spiro atoms. The minimum atomic E-state index is -0.666. The first-order valence-electron chi connectivity index (χ1n) is 3.71. The van der Waals surface area contributed by atoms with Gasteiger partial charge in [0, 0.05) is 12.1 Å². The summed E-state index contributed by atoms with van der Waals surface area (Å²) in [4.78, 5) is 18.5. The van der Waals surface area contributed by atoms with Crippen LogP contribution in [0.2, 0.25) is 0 Å². The number of aryl methyl sites for hydroxylation is 1. The summed E-state index contributed by atoms with van der Waals surface area (Å²) >= 11 is 0. The molecular weight excluding hydrogens is 193 g/mol. The molecule has 0 saturated carbocycles. The van der Waals surface area contributed by atoms with E-state index >= 15 is 0 Å². The largest absolute Gasteiger partial charge is 0.330 e. The van der Waals surface area contributed by atoms with E-state index in [1.165, 1.54) is 14.0 Å². The van der Waals surface area contributed by atoms with Gasteiger partial charge in [0.05, 0.1) is 12.0 Å². The van der Waals surface area contributed by atoms with Crippen LogP contribution in [0.4, 0.5) is 10.1 Å². The molecule has 1 aromatic rings. The third-order valence-electron chi connectivity index (χ3n) is 1.61. The quantitative estimate of drug-likeness (QED) is 0.426. The highest BCUT2D eigenvalue weighted by Gasteiger charge is 2.18. The van der Waals surface area contributed by atoms with Gasteiger partial charge in [-0.3, -0.25) is 10.1 Å². The summed E-state index contributed by atoms with van der Waals surface area (Å²) in [6, 6.07) is 2.00. The molecule has 0 aliphatic rings. The predicted molar refractivity (Wildman–Crippen MR) is 45.4 cm³/mol. The summed E-state index contributed by atoms with van der Waals surface area (Å²) < 4.78 is 13.0. The normalized spacial score (nSPS) is 9.93. The number of nitro benzene ring substituents is 1. The van der Waals surface area contributed by atoms with Crippen molar-refractivity contribution in [2.24, 2.45) is 0 Å². The van der Waals surface area contributed by atoms with E-state index in [1.807, 2.05) is 0 Å². The third kappa shape index (κ3) is 1.97. The van der Waals surface area contributed by atoms with Gasteiger partial charge in [-0.05, 0) is 12.5 Å². The Morgan fingerprint density at radius 2 is 2.14 bits per heavy atom. The van der Waals surface area contributed by atoms with Crippen molar-refractivity contribution in [1.29, 1.82) is 0 Å². The molecule has 0 atom stereocenters. The van der Waals surface area contributed by atoms with Crippen LogP contribution in [0.25, 0.3) is 0 Å². The van der Waals surface area contributed by atoms with Gasteiger partial charge in [-0.25, -0.2) is 4.39 Å². The number of hydrogen-bond acceptors (Lipinski definition) is 4. The number of rotatable bonds is 3. The third-order valence-corrected chi connectivity index (χ3v) is 1.61. The van der Waals surface area contributed by atoms with E-state index < -0.39 is 10.7 Å². The van der Waals surface area contributed by atoms with Gasteiger partial charge >= 0.3 is 5.69 Å². The second kappa shape index (κ2) is 4.01. The summed E-state index contributed by atoms with van der Waals surface area (Å²) in [6.45, 7) is 1.43. The van der Waals surface area contributed by atoms with Crippen LogP contribution in [-0.2, 0) is 4.89 Å². The van der Waals surface area contributed by atoms with Crippen LogP contribution in [0, 0.1) is 22.9 Å². The monoisotopic (exact) mass is 201 g/mol. The van der Waals surface area contributed by atoms with Crippen molar-refractivity contribution in [1.82, 2.24) is 0 Å². The fourth-order valence-electron chi connectivity index (χ4n) is 0.947. The fourth-order valence-corrected chi connectivity index (χ4v) is 0.947. The van der Waals surface area contributed by atoms with Gasteiger partial charge in [0.2, 0.25) is 5.75 Å². The Balaban J connectivity index is 3.24. The van der Waals surface area contributed by atoms with Crippen molar-refractivity contribution in [2.45, 2.75) is 6.92 Å². The van der Waals surface area contributed by atoms with Crippen molar-refractivity contribution in [3.8, 4) is 5.75 Å². The van der Waals surface area contributed by atoms with Crippen LogP contribution >= 0.6 is 0 Å². The Labute approximate surface area is 79.1 Å². The van der Waals surface area contributed by atoms with Gasteiger partial charge in [-0.1, -0.05) is 0 Å². The summed E-state index contributed by atoms with van der Waals surface area (Å²) in [6.07, 6.45) is 0. The number of hydrogen-bond donors (Lipinski definition) is 0. The molecule has 0 fully saturated rings. The van der Waals surface area contributed by atoms with Gasteiger partial charge in [0.15, 0.2) is 0 Å². The summed E-state index contributed by atoms with van der Waals surface area (Å²) in [5.74, 6) is -0.830. The standard InChI is InChI=1S/C8H8FNO4/c1-5-3-7(10(11)12)8(14-13-2)4-6(5)9/h3-4H,1-2H3. The van der Waals surface area contributed by atoms with Gasteiger partial charge in [-0.2, -0.15) is 4.89 Å². The molecule has 0 aromatic heterocycles. The number of halogens is 1. The molecule has 1 aromatic carbocycles. The molecule has 0 aliphatic carbocycles. The van der Waals surface area contributed by atoms with E-state index in [1.54, 1.807) is 0 Å². The summed E-state index contributed by atoms with van der Waals surface area (Å²) in [5.41, 5.74) is -0.147. The molecule has 0 bridgehead atoms. The van der Waals surface area contributed by atoms with E-state index in [9.17, 15) is 14.5 Å². The molecule has 6 heteroatoms. The van der Waals surface area contributed by atoms with E-state index in [0.717, 1.165) is 12.1 Å². The molecule has 0 amide bonds. The Bertz CT molecular complexity index is 367. The highest BCUT2D eigenvalue weighted by Crippen LogP contribution is 2.29. The van der Waals surface area contributed by atoms with E-state index in [2.05, 4.69) is 9.78 Å². The Morgan fingerprint density at radius 3 is 2.64 bits per heavy atom. The zero-order chi connectivity index (χ0) is 10.7. The van der Waals surface area contributed by atoms with Gasteiger partial charge < -0.3 is 4.89 Å². The smallest absolute Gasteiger partial charge is 0.315 e. The zero-order valence-electron chi connectivity index (χ0n) is 7.61. The lowest BCUT2D eigenvalue weighted by atomic mass is 10.2. The minimum absolute atomic E-state index is 0.181. The lowest BCUT2D eigenvalue weighted by Gasteiger charge is -2.03. The molecule has 1 rings (SSSR count). The number of benzene rings is 1. The first-order chi connectivity index (χ1) is 6.56. The number of nitro groups is 1. The van der Waals surface area contributed by atoms with Gasteiger partial charge in [-0.15, -0.1) is 0 Å². The molecule has 14 heavy (non-hydrogen) atoms. The average Bonchev–Trinajstić information content (AvgIpc) is 2.11. The maximum absolute atomic E-state index is 13.0. The number of nitrogens with zero attached hydrogens (tertiary/aromatic N) is 1. The van der Waals surface area contributed by atoms with Crippen molar-refractivity contribution in [3.63, 3.8) is 0 Å². The van der Waals surface area contributed by atoms with Crippen molar-refractivity contribution < 1.29 is 19.1 Å². The zero-order valence-corrected chi connectivity index (χ0v) is 7.61. The second-order valence-corrected chi connectivity index (χ2v) is 2.58. The molecule has 0 unspecified atom stereocenters. The molecular formula is C8H8FNO4. The van der Waals surface area contributed by atoms with Crippen LogP contribution < -0.4 is 4.89 Å². The molecule has 5 nitrogen and oxygen atoms in total. The van der Waals surface area contributed by atoms with Crippen LogP contribution in [0.15, 0.2) is 12.1 Å². The summed E-state index contributed by atoms with van der Waals surface area (Å²) in [5, 5.41) is 10.5. The van der Waals surface area contributed by atoms with Crippen LogP contribution in [0.1, 0.15) is 5.56 Å². The van der Waals surface area contributed by atoms with Crippen LogP contribution in [0.5, 0.6) is 5.75 Å². The van der Waals surface area contributed by atoms with E-state index in [4.69, 9.17) is 0 Å². The molecule has 0 saturated heterocycles. The molecule has 76 valence electrons. The Kier molecular flexibility index (Phi) is 2.98. The summed E-state index contributed by atoms with van der Waals surface area (Å²) in [7, 11) is 1.18. The van der Waals surface area contributed by atoms with Crippen LogP contribution in [0.3, 0.4) is 0 Å². The molecule has 0 heterocycles. The maximum atomic E-state index is 13.0. The SMILES string of the molecule is COOc1cc(F)c(C)cc1[N+](=O)[O-]. The van der Waals surface area contributed by atoms with Crippen molar-refractivity contribution in [3.05, 3.63) is 33.6 Å². The molecule has 0 radical (unpaired) electrons. The first-order valence-corrected chi connectivity index (χ1v) is 3.71. The van der Waals surface area contributed by atoms with E-state index in [-0.39, 0.29) is 17.0 Å². The fraction of sp³-hybridized carbons (Fsp3) is 0.250. The first kappa shape index (κ1) is 10.4. The van der Waals surface area contributed by atoms with E-state index in [0.29, 0.717) is 0 Å². The van der Waals surface area contributed by atoms with Crippen molar-refractivity contribution in [2.75, 3.05) is 7.11 Å². The van der Waals surface area contributed by atoms with Crippen molar-refractivity contribution >= 4 is 5.69 Å². The maximum Gasteiger partial charge on any atom is 0.315 e. The lowest BCUT2D eigenvalue weighted by molar-refractivity contribution is -0.388. The molecule has 0 N–H and O–H groups in total. The topological polar surface area (TPSA) is 61.6 Å². The minimum Gasteiger partial charge on any atom is -0.330 e. The highest BCUT2D eigenvalue weighted by molar-refractivity contribution is 5.48. The van der Waals surface area contributed by atoms with Gasteiger partial charge in [0.25, 0.3) is 0 Å². The highest BCUT2D eigenvalue weighted by atomic mass is 19.1. The second-order valence-electron chi connectivity index (χ2n) is 2.58.